The molecule has 0 aliphatic heterocycles. The number of allylic oxidation sites excluding steroid dienone is 2. The Morgan fingerprint density at radius 1 is 1.16 bits per heavy atom. The third-order valence-electron chi connectivity index (χ3n) is 3.65. The average Bonchev–Trinajstić information content (AvgIpc) is 2.39. The first-order valence-electron chi connectivity index (χ1n) is 6.62. The largest absolute Gasteiger partial charge is 0.253 e. The summed E-state index contributed by atoms with van der Waals surface area (Å²) in [5.74, 6) is 0.713. The van der Waals surface area contributed by atoms with Crippen molar-refractivity contribution in [1.29, 1.82) is 0 Å². The predicted octanol–water partition coefficient (Wildman–Crippen LogP) is 5.44. The number of halogens is 2. The molecule has 1 atom stereocenters. The van der Waals surface area contributed by atoms with Crippen molar-refractivity contribution < 1.29 is 0 Å². The fourth-order valence-electron chi connectivity index (χ4n) is 2.65. The molecule has 98 valence electrons. The lowest BCUT2D eigenvalue weighted by molar-refractivity contribution is 0.473. The second kappa shape index (κ2) is 5.52. The Balaban J connectivity index is 1.90. The monoisotopic (exact) mass is 291 g/mol. The lowest BCUT2D eigenvalue weighted by atomic mass is 9.90. The van der Waals surface area contributed by atoms with Crippen LogP contribution in [0.15, 0.2) is 36.4 Å². The van der Waals surface area contributed by atoms with Crippen LogP contribution >= 0.6 is 23.2 Å². The number of nitrogens with zero attached hydrogens (tertiary/aromatic N) is 1. The topological polar surface area (TPSA) is 12.9 Å². The van der Waals surface area contributed by atoms with E-state index in [0.29, 0.717) is 16.0 Å². The van der Waals surface area contributed by atoms with E-state index in [1.165, 1.54) is 12.8 Å². The van der Waals surface area contributed by atoms with Crippen molar-refractivity contribution in [3.05, 3.63) is 52.2 Å². The van der Waals surface area contributed by atoms with Gasteiger partial charge in [0.25, 0.3) is 0 Å². The van der Waals surface area contributed by atoms with Crippen LogP contribution in [0.2, 0.25) is 10.0 Å². The quantitative estimate of drug-likeness (QED) is 0.671. The first kappa shape index (κ1) is 13.0. The third kappa shape index (κ3) is 2.93. The summed E-state index contributed by atoms with van der Waals surface area (Å²) < 4.78 is 0. The molecule has 0 radical (unpaired) electrons. The van der Waals surface area contributed by atoms with Gasteiger partial charge in [0, 0.05) is 16.1 Å². The number of aromatic nitrogens is 1. The zero-order chi connectivity index (χ0) is 13.2. The SMILES string of the molecule is Clc1cc(Cl)c2ccc(CC3CC=CCC3)nc2c1. The van der Waals surface area contributed by atoms with E-state index < -0.39 is 0 Å². The van der Waals surface area contributed by atoms with Gasteiger partial charge in [-0.05, 0) is 55.9 Å². The molecule has 0 saturated carbocycles. The lowest BCUT2D eigenvalue weighted by Crippen LogP contribution is -2.07. The highest BCUT2D eigenvalue weighted by Crippen LogP contribution is 2.28. The van der Waals surface area contributed by atoms with Crippen molar-refractivity contribution >= 4 is 34.1 Å². The van der Waals surface area contributed by atoms with Crippen molar-refractivity contribution in [3.8, 4) is 0 Å². The van der Waals surface area contributed by atoms with E-state index in [1.54, 1.807) is 6.07 Å². The molecule has 0 bridgehead atoms. The fourth-order valence-corrected chi connectivity index (χ4v) is 3.20. The Hall–Kier alpha value is -1.05. The lowest BCUT2D eigenvalue weighted by Gasteiger charge is -2.17. The number of fused-ring (bicyclic) bond motifs is 1. The van der Waals surface area contributed by atoms with Crippen LogP contribution < -0.4 is 0 Å². The number of benzene rings is 1. The van der Waals surface area contributed by atoms with E-state index >= 15 is 0 Å². The molecule has 3 heteroatoms. The maximum absolute atomic E-state index is 6.17. The molecule has 1 heterocycles. The van der Waals surface area contributed by atoms with Gasteiger partial charge in [0.05, 0.1) is 10.5 Å². The van der Waals surface area contributed by atoms with Crippen LogP contribution in [0.1, 0.15) is 25.0 Å². The molecule has 0 spiro atoms. The van der Waals surface area contributed by atoms with Gasteiger partial charge in [-0.15, -0.1) is 0 Å². The zero-order valence-corrected chi connectivity index (χ0v) is 12.1. The number of pyridine rings is 1. The van der Waals surface area contributed by atoms with Crippen LogP contribution in [0.4, 0.5) is 0 Å². The van der Waals surface area contributed by atoms with Crippen LogP contribution in [0, 0.1) is 5.92 Å². The summed E-state index contributed by atoms with van der Waals surface area (Å²) in [5, 5.41) is 2.28. The first-order valence-corrected chi connectivity index (χ1v) is 7.37. The van der Waals surface area contributed by atoms with Gasteiger partial charge < -0.3 is 0 Å². The van der Waals surface area contributed by atoms with E-state index in [9.17, 15) is 0 Å². The summed E-state index contributed by atoms with van der Waals surface area (Å²) in [7, 11) is 0. The molecule has 1 nitrogen and oxygen atoms in total. The van der Waals surface area contributed by atoms with Crippen LogP contribution in [-0.2, 0) is 6.42 Å². The summed E-state index contributed by atoms with van der Waals surface area (Å²) in [5.41, 5.74) is 2.02. The standard InChI is InChI=1S/C16H15Cl2N/c17-12-9-15(18)14-7-6-13(19-16(14)10-12)8-11-4-2-1-3-5-11/h1-2,6-7,9-11H,3-5,8H2. The van der Waals surface area contributed by atoms with Gasteiger partial charge >= 0.3 is 0 Å². The fraction of sp³-hybridized carbons (Fsp3) is 0.312. The average molecular weight is 292 g/mol. The first-order chi connectivity index (χ1) is 9.22. The normalized spacial score (nSPS) is 18.9. The Morgan fingerprint density at radius 3 is 2.84 bits per heavy atom. The van der Waals surface area contributed by atoms with Gasteiger partial charge in [0.1, 0.15) is 0 Å². The van der Waals surface area contributed by atoms with Gasteiger partial charge in [-0.25, -0.2) is 0 Å². The highest BCUT2D eigenvalue weighted by molar-refractivity contribution is 6.38. The maximum Gasteiger partial charge on any atom is 0.0735 e. The van der Waals surface area contributed by atoms with Gasteiger partial charge in [0.2, 0.25) is 0 Å². The third-order valence-corrected chi connectivity index (χ3v) is 4.19. The molecule has 3 rings (SSSR count). The molecule has 1 aliphatic rings. The highest BCUT2D eigenvalue weighted by atomic mass is 35.5. The molecule has 1 unspecified atom stereocenters. The van der Waals surface area contributed by atoms with Gasteiger partial charge in [-0.3, -0.25) is 4.98 Å². The Labute approximate surface area is 123 Å². The number of hydrogen-bond acceptors (Lipinski definition) is 1. The summed E-state index contributed by atoms with van der Waals surface area (Å²) in [6.45, 7) is 0. The van der Waals surface area contributed by atoms with Crippen LogP contribution in [0.25, 0.3) is 10.9 Å². The molecule has 1 aromatic heterocycles. The summed E-state index contributed by atoms with van der Waals surface area (Å²) in [6, 6.07) is 7.78. The summed E-state index contributed by atoms with van der Waals surface area (Å²) in [4.78, 5) is 4.70. The predicted molar refractivity (Wildman–Crippen MR) is 81.9 cm³/mol. The van der Waals surface area contributed by atoms with Gasteiger partial charge in [0.15, 0.2) is 0 Å². The van der Waals surface area contributed by atoms with Gasteiger partial charge in [-0.1, -0.05) is 35.4 Å². The Bertz CT molecular complexity index is 634. The van der Waals surface area contributed by atoms with E-state index in [0.717, 1.165) is 29.4 Å². The van der Waals surface area contributed by atoms with Crippen LogP contribution in [0.3, 0.4) is 0 Å². The molecule has 2 aromatic rings. The molecule has 1 aliphatic carbocycles. The minimum absolute atomic E-state index is 0.641. The molecular formula is C16H15Cl2N. The van der Waals surface area contributed by atoms with Crippen molar-refractivity contribution in [2.45, 2.75) is 25.7 Å². The van der Waals surface area contributed by atoms with Gasteiger partial charge in [-0.2, -0.15) is 0 Å². The van der Waals surface area contributed by atoms with Crippen LogP contribution in [-0.4, -0.2) is 4.98 Å². The van der Waals surface area contributed by atoms with E-state index in [4.69, 9.17) is 28.2 Å². The number of rotatable bonds is 2. The molecule has 0 amide bonds. The molecule has 1 aromatic carbocycles. The summed E-state index contributed by atoms with van der Waals surface area (Å²) >= 11 is 12.2. The second-order valence-corrected chi connectivity index (χ2v) is 5.96. The van der Waals surface area contributed by atoms with E-state index in [1.807, 2.05) is 6.07 Å². The Morgan fingerprint density at radius 2 is 2.05 bits per heavy atom. The molecular weight excluding hydrogens is 277 g/mol. The molecule has 0 fully saturated rings. The minimum atomic E-state index is 0.641. The van der Waals surface area contributed by atoms with Crippen LogP contribution in [0.5, 0.6) is 0 Å². The second-order valence-electron chi connectivity index (χ2n) is 5.11. The van der Waals surface area contributed by atoms with E-state index in [2.05, 4.69) is 24.3 Å². The zero-order valence-electron chi connectivity index (χ0n) is 10.6. The Kier molecular flexibility index (Phi) is 3.76. The molecule has 19 heavy (non-hydrogen) atoms. The molecule has 0 saturated heterocycles. The van der Waals surface area contributed by atoms with E-state index in [-0.39, 0.29) is 0 Å². The molecule has 0 N–H and O–H groups in total. The van der Waals surface area contributed by atoms with Crippen molar-refractivity contribution in [2.24, 2.45) is 5.92 Å². The minimum Gasteiger partial charge on any atom is -0.253 e. The highest BCUT2D eigenvalue weighted by Gasteiger charge is 2.12. The van der Waals surface area contributed by atoms with Crippen molar-refractivity contribution in [2.75, 3.05) is 0 Å². The maximum atomic E-state index is 6.17. The van der Waals surface area contributed by atoms with Crippen molar-refractivity contribution in [3.63, 3.8) is 0 Å². The van der Waals surface area contributed by atoms with Crippen molar-refractivity contribution in [1.82, 2.24) is 4.98 Å². The summed E-state index contributed by atoms with van der Waals surface area (Å²) in [6.07, 6.45) is 9.19. The number of hydrogen-bond donors (Lipinski definition) is 0. The smallest absolute Gasteiger partial charge is 0.0735 e.